The van der Waals surface area contributed by atoms with Crippen molar-refractivity contribution in [3.63, 3.8) is 0 Å². The summed E-state index contributed by atoms with van der Waals surface area (Å²) in [5.41, 5.74) is -0.102. The molecule has 0 fully saturated rings. The predicted octanol–water partition coefficient (Wildman–Crippen LogP) is 3.55. The normalized spacial score (nSPS) is 11.5. The average Bonchev–Trinajstić information content (AvgIpc) is 2.16. The molecule has 5 heteroatoms. The number of nitrogens with one attached hydrogen (secondary N) is 1. The van der Waals surface area contributed by atoms with Gasteiger partial charge in [-0.25, -0.2) is 9.37 Å². The minimum atomic E-state index is -0.451. The highest BCUT2D eigenvalue weighted by Crippen LogP contribution is 2.20. The van der Waals surface area contributed by atoms with Gasteiger partial charge in [0, 0.05) is 18.6 Å². The predicted molar refractivity (Wildman–Crippen MR) is 62.2 cm³/mol. The van der Waals surface area contributed by atoms with E-state index in [2.05, 4.69) is 10.3 Å². The zero-order chi connectivity index (χ0) is 11.5. The van der Waals surface area contributed by atoms with Crippen molar-refractivity contribution in [2.24, 2.45) is 5.41 Å². The monoisotopic (exact) mass is 250 g/mol. The Balaban J connectivity index is 2.66. The highest BCUT2D eigenvalue weighted by molar-refractivity contribution is 6.30. The molecule has 1 aromatic heterocycles. The van der Waals surface area contributed by atoms with Gasteiger partial charge < -0.3 is 5.32 Å². The molecule has 0 saturated carbocycles. The first-order chi connectivity index (χ1) is 6.94. The van der Waals surface area contributed by atoms with Crippen LogP contribution in [0, 0.1) is 11.2 Å². The SMILES string of the molecule is CC(C)(CCl)CNc1ncc(Cl)cc1F. The third-order valence-corrected chi connectivity index (χ3v) is 2.83. The van der Waals surface area contributed by atoms with E-state index in [1.54, 1.807) is 0 Å². The number of halogens is 3. The number of hydrogen-bond acceptors (Lipinski definition) is 2. The Morgan fingerprint density at radius 2 is 2.20 bits per heavy atom. The Hall–Kier alpha value is -0.540. The van der Waals surface area contributed by atoms with Crippen LogP contribution in [0.1, 0.15) is 13.8 Å². The first-order valence-corrected chi connectivity index (χ1v) is 5.47. The summed E-state index contributed by atoms with van der Waals surface area (Å²) in [7, 11) is 0. The van der Waals surface area contributed by atoms with Crippen LogP contribution >= 0.6 is 23.2 Å². The number of nitrogens with zero attached hydrogens (tertiary/aromatic N) is 1. The molecule has 0 aliphatic rings. The topological polar surface area (TPSA) is 24.9 Å². The molecular formula is C10H13Cl2FN2. The van der Waals surface area contributed by atoms with Crippen molar-refractivity contribution in [3.05, 3.63) is 23.1 Å². The maximum Gasteiger partial charge on any atom is 0.166 e. The van der Waals surface area contributed by atoms with Crippen LogP contribution in [0.4, 0.5) is 10.2 Å². The standard InChI is InChI=1S/C10H13Cl2FN2/c1-10(2,5-11)6-15-9-8(13)3-7(12)4-14-9/h3-4H,5-6H2,1-2H3,(H,14,15). The van der Waals surface area contributed by atoms with Gasteiger partial charge in [0.25, 0.3) is 0 Å². The smallest absolute Gasteiger partial charge is 0.166 e. The molecule has 0 bridgehead atoms. The van der Waals surface area contributed by atoms with Crippen LogP contribution in [-0.4, -0.2) is 17.4 Å². The Morgan fingerprint density at radius 3 is 2.73 bits per heavy atom. The summed E-state index contributed by atoms with van der Waals surface area (Å²) in [6, 6.07) is 1.23. The van der Waals surface area contributed by atoms with Crippen LogP contribution in [0.2, 0.25) is 5.02 Å². The summed E-state index contributed by atoms with van der Waals surface area (Å²) in [5, 5.41) is 3.19. The number of pyridine rings is 1. The largest absolute Gasteiger partial charge is 0.367 e. The third-order valence-electron chi connectivity index (χ3n) is 1.90. The summed E-state index contributed by atoms with van der Waals surface area (Å²) in [6.07, 6.45) is 1.40. The Morgan fingerprint density at radius 1 is 1.53 bits per heavy atom. The van der Waals surface area contributed by atoms with Crippen LogP contribution < -0.4 is 5.32 Å². The molecule has 1 aromatic rings. The van der Waals surface area contributed by atoms with Crippen molar-refractivity contribution >= 4 is 29.0 Å². The highest BCUT2D eigenvalue weighted by atomic mass is 35.5. The van der Waals surface area contributed by atoms with E-state index in [4.69, 9.17) is 23.2 Å². The fourth-order valence-corrected chi connectivity index (χ4v) is 1.15. The molecule has 0 saturated heterocycles. The molecule has 1 N–H and O–H groups in total. The van der Waals surface area contributed by atoms with Gasteiger partial charge in [-0.3, -0.25) is 0 Å². The van der Waals surface area contributed by atoms with Gasteiger partial charge in [0.1, 0.15) is 0 Å². The summed E-state index contributed by atoms with van der Waals surface area (Å²) >= 11 is 11.3. The zero-order valence-electron chi connectivity index (χ0n) is 8.65. The van der Waals surface area contributed by atoms with Crippen molar-refractivity contribution < 1.29 is 4.39 Å². The second-order valence-corrected chi connectivity index (χ2v) is 4.84. The summed E-state index contributed by atoms with van der Waals surface area (Å²) < 4.78 is 13.3. The molecule has 0 aliphatic carbocycles. The van der Waals surface area contributed by atoms with E-state index in [1.165, 1.54) is 12.3 Å². The van der Waals surface area contributed by atoms with Crippen LogP contribution in [0.15, 0.2) is 12.3 Å². The maximum absolute atomic E-state index is 13.3. The minimum absolute atomic E-state index is 0.102. The van der Waals surface area contributed by atoms with Crippen LogP contribution in [0.25, 0.3) is 0 Å². The second kappa shape index (κ2) is 4.99. The van der Waals surface area contributed by atoms with E-state index in [-0.39, 0.29) is 16.3 Å². The maximum atomic E-state index is 13.3. The zero-order valence-corrected chi connectivity index (χ0v) is 10.2. The molecule has 0 spiro atoms. The molecule has 1 rings (SSSR count). The molecule has 15 heavy (non-hydrogen) atoms. The van der Waals surface area contributed by atoms with E-state index in [0.29, 0.717) is 12.4 Å². The Labute approximate surface area is 98.8 Å². The van der Waals surface area contributed by atoms with Crippen molar-refractivity contribution in [1.82, 2.24) is 4.98 Å². The first-order valence-electron chi connectivity index (χ1n) is 4.55. The Bertz CT molecular complexity index is 342. The van der Waals surface area contributed by atoms with Gasteiger partial charge in [-0.2, -0.15) is 0 Å². The summed E-state index contributed by atoms with van der Waals surface area (Å²) in [4.78, 5) is 3.85. The molecule has 0 unspecified atom stereocenters. The summed E-state index contributed by atoms with van der Waals surface area (Å²) in [6.45, 7) is 4.53. The van der Waals surface area contributed by atoms with E-state index in [9.17, 15) is 4.39 Å². The molecule has 2 nitrogen and oxygen atoms in total. The van der Waals surface area contributed by atoms with Crippen molar-refractivity contribution in [2.75, 3.05) is 17.7 Å². The van der Waals surface area contributed by atoms with Gasteiger partial charge in [0.05, 0.1) is 5.02 Å². The van der Waals surface area contributed by atoms with Crippen molar-refractivity contribution in [2.45, 2.75) is 13.8 Å². The van der Waals surface area contributed by atoms with Crippen LogP contribution in [0.3, 0.4) is 0 Å². The average molecular weight is 251 g/mol. The fourth-order valence-electron chi connectivity index (χ4n) is 0.915. The lowest BCUT2D eigenvalue weighted by Crippen LogP contribution is -2.25. The molecule has 0 radical (unpaired) electrons. The molecule has 0 aliphatic heterocycles. The molecule has 0 atom stereocenters. The van der Waals surface area contributed by atoms with Crippen LogP contribution in [0.5, 0.6) is 0 Å². The number of alkyl halides is 1. The van der Waals surface area contributed by atoms with Crippen molar-refractivity contribution in [3.8, 4) is 0 Å². The van der Waals surface area contributed by atoms with Gasteiger partial charge in [-0.05, 0) is 11.5 Å². The van der Waals surface area contributed by atoms with E-state index in [1.807, 2.05) is 13.8 Å². The lowest BCUT2D eigenvalue weighted by Gasteiger charge is -2.22. The number of rotatable bonds is 4. The van der Waals surface area contributed by atoms with E-state index < -0.39 is 5.82 Å². The van der Waals surface area contributed by atoms with Crippen molar-refractivity contribution in [1.29, 1.82) is 0 Å². The molecular weight excluding hydrogens is 238 g/mol. The van der Waals surface area contributed by atoms with E-state index >= 15 is 0 Å². The Kier molecular flexibility index (Phi) is 4.17. The van der Waals surface area contributed by atoms with E-state index in [0.717, 1.165) is 0 Å². The van der Waals surface area contributed by atoms with Gasteiger partial charge in [0.15, 0.2) is 11.6 Å². The molecule has 0 aromatic carbocycles. The lowest BCUT2D eigenvalue weighted by atomic mass is 9.97. The second-order valence-electron chi connectivity index (χ2n) is 4.14. The molecule has 1 heterocycles. The van der Waals surface area contributed by atoms with Gasteiger partial charge >= 0.3 is 0 Å². The van der Waals surface area contributed by atoms with Gasteiger partial charge in [0.2, 0.25) is 0 Å². The molecule has 84 valence electrons. The number of hydrogen-bond donors (Lipinski definition) is 1. The fraction of sp³-hybridized carbons (Fsp3) is 0.500. The quantitative estimate of drug-likeness (QED) is 0.827. The van der Waals surface area contributed by atoms with Gasteiger partial charge in [-0.1, -0.05) is 25.4 Å². The highest BCUT2D eigenvalue weighted by Gasteiger charge is 2.17. The van der Waals surface area contributed by atoms with Gasteiger partial charge in [-0.15, -0.1) is 11.6 Å². The lowest BCUT2D eigenvalue weighted by molar-refractivity contribution is 0.448. The molecule has 0 amide bonds. The minimum Gasteiger partial charge on any atom is -0.367 e. The van der Waals surface area contributed by atoms with Crippen LogP contribution in [-0.2, 0) is 0 Å². The third kappa shape index (κ3) is 3.84. The first kappa shape index (κ1) is 12.5. The number of anilines is 1. The summed E-state index contributed by atoms with van der Waals surface area (Å²) in [5.74, 6) is 0.250. The number of aromatic nitrogens is 1.